The lowest BCUT2D eigenvalue weighted by Gasteiger charge is -2.16. The Morgan fingerprint density at radius 1 is 1.19 bits per heavy atom. The largest absolute Gasteiger partial charge is 0.494 e. The molecule has 6 nitrogen and oxygen atoms in total. The van der Waals surface area contributed by atoms with Crippen molar-refractivity contribution in [2.45, 2.75) is 19.9 Å². The van der Waals surface area contributed by atoms with Crippen LogP contribution in [0.25, 0.3) is 0 Å². The standard InChI is InChI=1S/C19H21FN2O4/c1-4-26-19(24)22-15-7-5-6-14(10-15)18(23)21-12(2)13-8-9-17(25-3)16(20)11-13/h5-12H,4H2,1-3H3,(H,21,23)(H,22,24)/t12-/m0/s1. The third-order valence-electron chi connectivity index (χ3n) is 3.67. The zero-order valence-corrected chi connectivity index (χ0v) is 14.8. The highest BCUT2D eigenvalue weighted by Gasteiger charge is 2.14. The summed E-state index contributed by atoms with van der Waals surface area (Å²) in [4.78, 5) is 23.9. The topological polar surface area (TPSA) is 76.7 Å². The molecule has 0 saturated heterocycles. The van der Waals surface area contributed by atoms with Gasteiger partial charge in [0.05, 0.1) is 19.8 Å². The van der Waals surface area contributed by atoms with Crippen LogP contribution in [-0.4, -0.2) is 25.7 Å². The van der Waals surface area contributed by atoms with E-state index in [1.165, 1.54) is 25.3 Å². The second kappa shape index (κ2) is 8.84. The summed E-state index contributed by atoms with van der Waals surface area (Å²) in [5.41, 5.74) is 1.41. The Morgan fingerprint density at radius 2 is 1.96 bits per heavy atom. The van der Waals surface area contributed by atoms with Gasteiger partial charge in [0.25, 0.3) is 5.91 Å². The van der Waals surface area contributed by atoms with Crippen molar-refractivity contribution in [1.29, 1.82) is 0 Å². The van der Waals surface area contributed by atoms with Crippen LogP contribution in [0.5, 0.6) is 5.75 Å². The number of amides is 2. The first-order valence-corrected chi connectivity index (χ1v) is 8.12. The number of carbonyl (C=O) groups excluding carboxylic acids is 2. The monoisotopic (exact) mass is 360 g/mol. The predicted molar refractivity (Wildman–Crippen MR) is 95.9 cm³/mol. The Bertz CT molecular complexity index is 795. The third kappa shape index (κ3) is 4.95. The molecule has 7 heteroatoms. The van der Waals surface area contributed by atoms with E-state index in [4.69, 9.17) is 9.47 Å². The molecule has 0 saturated carbocycles. The molecule has 0 aromatic heterocycles. The van der Waals surface area contributed by atoms with Crippen molar-refractivity contribution >= 4 is 17.7 Å². The molecule has 2 aromatic rings. The van der Waals surface area contributed by atoms with Gasteiger partial charge in [-0.1, -0.05) is 12.1 Å². The minimum atomic E-state index is -0.591. The minimum Gasteiger partial charge on any atom is -0.494 e. The molecule has 138 valence electrons. The van der Waals surface area contributed by atoms with Crippen molar-refractivity contribution in [3.8, 4) is 5.75 Å². The zero-order valence-electron chi connectivity index (χ0n) is 14.8. The Balaban J connectivity index is 2.07. The summed E-state index contributed by atoms with van der Waals surface area (Å²) in [6, 6.07) is 10.6. The van der Waals surface area contributed by atoms with Crippen LogP contribution >= 0.6 is 0 Å². The highest BCUT2D eigenvalue weighted by atomic mass is 19.1. The molecular weight excluding hydrogens is 339 g/mol. The van der Waals surface area contributed by atoms with Crippen molar-refractivity contribution in [2.24, 2.45) is 0 Å². The van der Waals surface area contributed by atoms with E-state index in [0.29, 0.717) is 16.8 Å². The summed E-state index contributed by atoms with van der Waals surface area (Å²) >= 11 is 0. The van der Waals surface area contributed by atoms with E-state index in [9.17, 15) is 14.0 Å². The van der Waals surface area contributed by atoms with Gasteiger partial charge in [0.15, 0.2) is 11.6 Å². The number of rotatable bonds is 6. The molecular formula is C19H21FN2O4. The molecule has 0 aliphatic rings. The second-order valence-corrected chi connectivity index (χ2v) is 5.52. The van der Waals surface area contributed by atoms with Crippen molar-refractivity contribution in [3.63, 3.8) is 0 Å². The molecule has 0 aliphatic heterocycles. The second-order valence-electron chi connectivity index (χ2n) is 5.52. The molecule has 0 bridgehead atoms. The lowest BCUT2D eigenvalue weighted by atomic mass is 10.1. The highest BCUT2D eigenvalue weighted by molar-refractivity contribution is 5.96. The molecule has 2 N–H and O–H groups in total. The molecule has 0 radical (unpaired) electrons. The van der Waals surface area contributed by atoms with Gasteiger partial charge in [-0.3, -0.25) is 10.1 Å². The van der Waals surface area contributed by atoms with Crippen molar-refractivity contribution in [3.05, 3.63) is 59.4 Å². The molecule has 0 heterocycles. The first-order valence-electron chi connectivity index (χ1n) is 8.12. The Labute approximate surface area is 151 Å². The van der Waals surface area contributed by atoms with Gasteiger partial charge in [-0.15, -0.1) is 0 Å². The molecule has 1 atom stereocenters. The van der Waals surface area contributed by atoms with Crippen LogP contribution in [0, 0.1) is 5.82 Å². The number of benzene rings is 2. The molecule has 0 unspecified atom stereocenters. The van der Waals surface area contributed by atoms with E-state index in [2.05, 4.69) is 10.6 Å². The maximum atomic E-state index is 13.8. The SMILES string of the molecule is CCOC(=O)Nc1cccc(C(=O)N[C@@H](C)c2ccc(OC)c(F)c2)c1. The summed E-state index contributed by atoms with van der Waals surface area (Å²) in [7, 11) is 1.39. The van der Waals surface area contributed by atoms with Crippen LogP contribution < -0.4 is 15.4 Å². The number of hydrogen-bond donors (Lipinski definition) is 2. The van der Waals surface area contributed by atoms with Crippen LogP contribution in [0.1, 0.15) is 35.8 Å². The first-order chi connectivity index (χ1) is 12.4. The van der Waals surface area contributed by atoms with Gasteiger partial charge in [0.1, 0.15) is 0 Å². The zero-order chi connectivity index (χ0) is 19.1. The number of methoxy groups -OCH3 is 1. The summed E-state index contributed by atoms with van der Waals surface area (Å²) in [5, 5.41) is 5.33. The molecule has 2 rings (SSSR count). The fourth-order valence-electron chi connectivity index (χ4n) is 2.34. The van der Waals surface area contributed by atoms with Crippen LogP contribution in [-0.2, 0) is 4.74 Å². The smallest absolute Gasteiger partial charge is 0.411 e. The van der Waals surface area contributed by atoms with Gasteiger partial charge in [-0.25, -0.2) is 9.18 Å². The van der Waals surface area contributed by atoms with Gasteiger partial charge >= 0.3 is 6.09 Å². The maximum Gasteiger partial charge on any atom is 0.411 e. The van der Waals surface area contributed by atoms with E-state index in [1.54, 1.807) is 38.1 Å². The van der Waals surface area contributed by atoms with E-state index in [0.717, 1.165) is 0 Å². The van der Waals surface area contributed by atoms with E-state index < -0.39 is 18.0 Å². The summed E-state index contributed by atoms with van der Waals surface area (Å²) in [6.45, 7) is 3.70. The molecule has 2 amide bonds. The van der Waals surface area contributed by atoms with E-state index in [-0.39, 0.29) is 18.3 Å². The molecule has 0 spiro atoms. The maximum absolute atomic E-state index is 13.8. The van der Waals surface area contributed by atoms with Crippen LogP contribution in [0.2, 0.25) is 0 Å². The Kier molecular flexibility index (Phi) is 6.54. The molecule has 0 aliphatic carbocycles. The normalized spacial score (nSPS) is 11.4. The summed E-state index contributed by atoms with van der Waals surface area (Å²) in [6.07, 6.45) is -0.591. The molecule has 26 heavy (non-hydrogen) atoms. The highest BCUT2D eigenvalue weighted by Crippen LogP contribution is 2.22. The molecule has 0 fully saturated rings. The van der Waals surface area contributed by atoms with Gasteiger partial charge in [0, 0.05) is 11.3 Å². The van der Waals surface area contributed by atoms with Crippen LogP contribution in [0.4, 0.5) is 14.9 Å². The fraction of sp³-hybridized carbons (Fsp3) is 0.263. The number of ether oxygens (including phenoxy) is 2. The van der Waals surface area contributed by atoms with Crippen molar-refractivity contribution < 1.29 is 23.5 Å². The van der Waals surface area contributed by atoms with E-state index >= 15 is 0 Å². The van der Waals surface area contributed by atoms with Crippen LogP contribution in [0.15, 0.2) is 42.5 Å². The first kappa shape index (κ1) is 19.2. The van der Waals surface area contributed by atoms with Crippen LogP contribution in [0.3, 0.4) is 0 Å². The summed E-state index contributed by atoms with van der Waals surface area (Å²) in [5.74, 6) is -0.696. The van der Waals surface area contributed by atoms with Gasteiger partial charge in [-0.05, 0) is 49.7 Å². The summed E-state index contributed by atoms with van der Waals surface area (Å²) < 4.78 is 23.5. The van der Waals surface area contributed by atoms with Gasteiger partial charge in [-0.2, -0.15) is 0 Å². The quantitative estimate of drug-likeness (QED) is 0.819. The number of hydrogen-bond acceptors (Lipinski definition) is 4. The lowest BCUT2D eigenvalue weighted by Crippen LogP contribution is -2.26. The van der Waals surface area contributed by atoms with Gasteiger partial charge in [0.2, 0.25) is 0 Å². The number of nitrogens with one attached hydrogen (secondary N) is 2. The third-order valence-corrected chi connectivity index (χ3v) is 3.67. The average Bonchev–Trinajstić information content (AvgIpc) is 2.62. The molecule has 2 aromatic carbocycles. The fourth-order valence-corrected chi connectivity index (χ4v) is 2.34. The van der Waals surface area contributed by atoms with Crippen molar-refractivity contribution in [1.82, 2.24) is 5.32 Å². The van der Waals surface area contributed by atoms with Crippen molar-refractivity contribution in [2.75, 3.05) is 19.0 Å². The Morgan fingerprint density at radius 3 is 2.62 bits per heavy atom. The average molecular weight is 360 g/mol. The predicted octanol–water partition coefficient (Wildman–Crippen LogP) is 3.89. The van der Waals surface area contributed by atoms with E-state index in [1.807, 2.05) is 0 Å². The number of halogens is 1. The lowest BCUT2D eigenvalue weighted by molar-refractivity contribution is 0.0939. The number of anilines is 1. The van der Waals surface area contributed by atoms with Gasteiger partial charge < -0.3 is 14.8 Å². The number of carbonyl (C=O) groups is 2. The minimum absolute atomic E-state index is 0.144. The Hall–Kier alpha value is -3.09.